The zero-order chi connectivity index (χ0) is 19.9. The van der Waals surface area contributed by atoms with Crippen molar-refractivity contribution >= 4 is 39.2 Å². The van der Waals surface area contributed by atoms with Crippen molar-refractivity contribution < 1.29 is 19.1 Å². The minimum Gasteiger partial charge on any atom is -0.452 e. The van der Waals surface area contributed by atoms with Gasteiger partial charge < -0.3 is 9.47 Å². The molecule has 0 spiro atoms. The molecule has 1 aromatic heterocycles. The third-order valence-corrected chi connectivity index (χ3v) is 5.22. The normalized spacial score (nSPS) is 10.8. The lowest BCUT2D eigenvalue weighted by Gasteiger charge is -2.21. The lowest BCUT2D eigenvalue weighted by atomic mass is 10.1. The van der Waals surface area contributed by atoms with Crippen LogP contribution in [0.2, 0.25) is 0 Å². The number of imide groups is 1. The van der Waals surface area contributed by atoms with Crippen molar-refractivity contribution in [1.29, 1.82) is 0 Å². The number of aryl methyl sites for hydroxylation is 1. The monoisotopic (exact) mass is 398 g/mol. The van der Waals surface area contributed by atoms with E-state index in [0.29, 0.717) is 25.3 Å². The molecule has 0 saturated heterocycles. The smallest absolute Gasteiger partial charge is 0.420 e. The Morgan fingerprint density at radius 1 is 1.11 bits per heavy atom. The van der Waals surface area contributed by atoms with Gasteiger partial charge in [-0.15, -0.1) is 11.3 Å². The molecule has 0 aliphatic heterocycles. The number of ether oxygens (including phenoxy) is 2. The van der Waals surface area contributed by atoms with Crippen LogP contribution in [-0.2, 0) is 20.9 Å². The minimum atomic E-state index is -0.685. The van der Waals surface area contributed by atoms with Crippen LogP contribution in [0, 0.1) is 6.92 Å². The molecule has 0 atom stereocenters. The topological polar surface area (TPSA) is 68.7 Å². The van der Waals surface area contributed by atoms with Crippen LogP contribution in [0.1, 0.15) is 23.4 Å². The molecule has 28 heavy (non-hydrogen) atoms. The fourth-order valence-electron chi connectivity index (χ4n) is 2.82. The maximum absolute atomic E-state index is 12.6. The van der Waals surface area contributed by atoms with Gasteiger partial charge in [-0.1, -0.05) is 30.3 Å². The Hall–Kier alpha value is -2.77. The van der Waals surface area contributed by atoms with E-state index in [1.165, 1.54) is 7.11 Å². The van der Waals surface area contributed by atoms with E-state index in [0.717, 1.165) is 25.7 Å². The molecule has 0 aliphatic carbocycles. The number of carbonyl (C=O) groups is 2. The Morgan fingerprint density at radius 3 is 2.61 bits per heavy atom. The summed E-state index contributed by atoms with van der Waals surface area (Å²) in [6.45, 7) is 2.66. The Morgan fingerprint density at radius 2 is 1.86 bits per heavy atom. The number of aromatic nitrogens is 1. The predicted octanol–water partition coefficient (Wildman–Crippen LogP) is 4.70. The lowest BCUT2D eigenvalue weighted by Crippen LogP contribution is -2.37. The molecule has 7 heteroatoms. The van der Waals surface area contributed by atoms with Crippen molar-refractivity contribution in [1.82, 2.24) is 4.98 Å². The molecule has 0 radical (unpaired) electrons. The number of nitrogens with zero attached hydrogens (tertiary/aromatic N) is 2. The number of para-hydroxylation sites is 2. The van der Waals surface area contributed by atoms with E-state index in [9.17, 15) is 9.59 Å². The molecule has 3 rings (SSSR count). The zero-order valence-corrected chi connectivity index (χ0v) is 16.7. The molecule has 1 heterocycles. The summed E-state index contributed by atoms with van der Waals surface area (Å²) in [5, 5.41) is 0.906. The molecule has 0 unspecified atom stereocenters. The van der Waals surface area contributed by atoms with Gasteiger partial charge in [-0.25, -0.2) is 14.7 Å². The van der Waals surface area contributed by atoms with Gasteiger partial charge in [0.2, 0.25) is 5.91 Å². The number of fused-ring (bicyclic) bond motifs is 1. The van der Waals surface area contributed by atoms with E-state index in [-0.39, 0.29) is 12.3 Å². The first kappa shape index (κ1) is 20.0. The lowest BCUT2D eigenvalue weighted by molar-refractivity contribution is -0.118. The van der Waals surface area contributed by atoms with E-state index in [1.807, 2.05) is 43.3 Å². The number of anilines is 1. The van der Waals surface area contributed by atoms with Crippen LogP contribution in [0.3, 0.4) is 0 Å². The first-order valence-corrected chi connectivity index (χ1v) is 9.80. The molecule has 2 aromatic carbocycles. The van der Waals surface area contributed by atoms with Gasteiger partial charge in [-0.05, 0) is 37.1 Å². The van der Waals surface area contributed by atoms with E-state index >= 15 is 0 Å². The Bertz CT molecular complexity index is 937. The van der Waals surface area contributed by atoms with Crippen molar-refractivity contribution in [2.24, 2.45) is 0 Å². The first-order valence-electron chi connectivity index (χ1n) is 8.99. The van der Waals surface area contributed by atoms with Crippen LogP contribution >= 0.6 is 11.3 Å². The number of thiazole rings is 1. The third-order valence-electron chi connectivity index (χ3n) is 4.21. The van der Waals surface area contributed by atoms with Gasteiger partial charge in [0.1, 0.15) is 5.01 Å². The maximum atomic E-state index is 12.6. The van der Waals surface area contributed by atoms with Crippen LogP contribution in [0.4, 0.5) is 10.5 Å². The van der Waals surface area contributed by atoms with Crippen molar-refractivity contribution in [3.8, 4) is 0 Å². The van der Waals surface area contributed by atoms with E-state index < -0.39 is 6.09 Å². The summed E-state index contributed by atoms with van der Waals surface area (Å²) in [5.74, 6) is -0.315. The standard InChI is InChI=1S/C21H22N2O4S/c1-15-8-3-5-10-17(15)23(21(25)26-2)20(24)12-7-13-27-14-19-22-16-9-4-6-11-18(16)28-19/h3-6,8-11H,7,12-14H2,1-2H3. The molecule has 0 bridgehead atoms. The number of carbonyl (C=O) groups excluding carboxylic acids is 2. The highest BCUT2D eigenvalue weighted by Gasteiger charge is 2.24. The van der Waals surface area contributed by atoms with Crippen LogP contribution in [0.25, 0.3) is 10.2 Å². The SMILES string of the molecule is COC(=O)N(C(=O)CCCOCc1nc2ccccc2s1)c1ccccc1C. The highest BCUT2D eigenvalue weighted by atomic mass is 32.1. The Balaban J connectivity index is 1.51. The van der Waals surface area contributed by atoms with Crippen molar-refractivity contribution in [2.75, 3.05) is 18.6 Å². The fourth-order valence-corrected chi connectivity index (χ4v) is 3.72. The number of hydrogen-bond acceptors (Lipinski definition) is 6. The van der Waals surface area contributed by atoms with Crippen LogP contribution in [0.15, 0.2) is 48.5 Å². The van der Waals surface area contributed by atoms with E-state index in [1.54, 1.807) is 23.5 Å². The van der Waals surface area contributed by atoms with Gasteiger partial charge in [0, 0.05) is 13.0 Å². The number of hydrogen-bond donors (Lipinski definition) is 0. The largest absolute Gasteiger partial charge is 0.452 e. The highest BCUT2D eigenvalue weighted by Crippen LogP contribution is 2.23. The second-order valence-corrected chi connectivity index (χ2v) is 7.33. The summed E-state index contributed by atoms with van der Waals surface area (Å²) in [5.41, 5.74) is 2.33. The Labute approximate surface area is 167 Å². The van der Waals surface area contributed by atoms with E-state index in [4.69, 9.17) is 9.47 Å². The predicted molar refractivity (Wildman–Crippen MR) is 110 cm³/mol. The van der Waals surface area contributed by atoms with E-state index in [2.05, 4.69) is 4.98 Å². The van der Waals surface area contributed by atoms with Crippen molar-refractivity contribution in [3.63, 3.8) is 0 Å². The second-order valence-electron chi connectivity index (χ2n) is 6.22. The molecular formula is C21H22N2O4S. The highest BCUT2D eigenvalue weighted by molar-refractivity contribution is 7.18. The quantitative estimate of drug-likeness (QED) is 0.540. The molecule has 0 N–H and O–H groups in total. The van der Waals surface area contributed by atoms with Gasteiger partial charge in [0.05, 0.1) is 29.6 Å². The molecule has 0 aliphatic rings. The molecular weight excluding hydrogens is 376 g/mol. The fraction of sp³-hybridized carbons (Fsp3) is 0.286. The van der Waals surface area contributed by atoms with Gasteiger partial charge in [0.15, 0.2) is 0 Å². The van der Waals surface area contributed by atoms with Crippen LogP contribution < -0.4 is 4.90 Å². The molecule has 3 aromatic rings. The number of rotatable bonds is 7. The Kier molecular flexibility index (Phi) is 6.73. The summed E-state index contributed by atoms with van der Waals surface area (Å²) in [6.07, 6.45) is 0.00142. The molecule has 6 nitrogen and oxygen atoms in total. The average Bonchev–Trinajstić information content (AvgIpc) is 3.12. The van der Waals surface area contributed by atoms with Crippen molar-refractivity contribution in [3.05, 3.63) is 59.1 Å². The third kappa shape index (κ3) is 4.74. The van der Waals surface area contributed by atoms with Crippen LogP contribution in [-0.4, -0.2) is 30.7 Å². The second kappa shape index (κ2) is 9.43. The number of amides is 2. The maximum Gasteiger partial charge on any atom is 0.420 e. The molecule has 0 fully saturated rings. The minimum absolute atomic E-state index is 0.184. The van der Waals surface area contributed by atoms with Crippen molar-refractivity contribution in [2.45, 2.75) is 26.4 Å². The van der Waals surface area contributed by atoms with Gasteiger partial charge in [-0.3, -0.25) is 4.79 Å². The molecule has 0 saturated carbocycles. The summed E-state index contributed by atoms with van der Waals surface area (Å²) < 4.78 is 11.6. The van der Waals surface area contributed by atoms with Gasteiger partial charge in [-0.2, -0.15) is 0 Å². The van der Waals surface area contributed by atoms with Gasteiger partial charge in [0.25, 0.3) is 0 Å². The zero-order valence-electron chi connectivity index (χ0n) is 15.9. The summed E-state index contributed by atoms with van der Waals surface area (Å²) in [6, 6.07) is 15.2. The molecule has 2 amide bonds. The van der Waals surface area contributed by atoms with Crippen LogP contribution in [0.5, 0.6) is 0 Å². The number of methoxy groups -OCH3 is 1. The first-order chi connectivity index (χ1) is 13.6. The molecule has 146 valence electrons. The average molecular weight is 398 g/mol. The number of benzene rings is 2. The summed E-state index contributed by atoms with van der Waals surface area (Å²) >= 11 is 1.60. The summed E-state index contributed by atoms with van der Waals surface area (Å²) in [4.78, 5) is 30.3. The van der Waals surface area contributed by atoms with Gasteiger partial charge >= 0.3 is 6.09 Å². The summed E-state index contributed by atoms with van der Waals surface area (Å²) in [7, 11) is 1.27.